The molecule has 0 bridgehead atoms. The van der Waals surface area contributed by atoms with Gasteiger partial charge in [0.2, 0.25) is 0 Å². The highest BCUT2D eigenvalue weighted by atomic mass is 14.6. The second-order valence-corrected chi connectivity index (χ2v) is 4.92. The van der Waals surface area contributed by atoms with Crippen LogP contribution in [0.25, 0.3) is 10.9 Å². The van der Waals surface area contributed by atoms with Gasteiger partial charge in [-0.15, -0.1) is 0 Å². The van der Waals surface area contributed by atoms with Gasteiger partial charge in [0.1, 0.15) is 0 Å². The first-order chi connectivity index (χ1) is 8.28. The number of allylic oxidation sites excluding steroid dienone is 2. The molecule has 0 fully saturated rings. The first-order valence-electron chi connectivity index (χ1n) is 6.32. The third kappa shape index (κ3) is 1.76. The van der Waals surface area contributed by atoms with Crippen LogP contribution in [-0.2, 0) is 6.42 Å². The lowest BCUT2D eigenvalue weighted by Gasteiger charge is -2.23. The Kier molecular flexibility index (Phi) is 2.47. The van der Waals surface area contributed by atoms with E-state index in [4.69, 9.17) is 0 Å². The average Bonchev–Trinajstić information content (AvgIpc) is 2.33. The molecule has 1 aromatic heterocycles. The number of rotatable bonds is 2. The molecule has 3 rings (SSSR count). The van der Waals surface area contributed by atoms with Crippen LogP contribution in [0.2, 0.25) is 0 Å². The van der Waals surface area contributed by atoms with E-state index in [2.05, 4.69) is 49.2 Å². The lowest BCUT2D eigenvalue weighted by molar-refractivity contribution is 0.740. The lowest BCUT2D eigenvalue weighted by atomic mass is 9.81. The van der Waals surface area contributed by atoms with Gasteiger partial charge in [0.15, 0.2) is 0 Å². The SMILES string of the molecule is CCc1ccnc2ccc(C3C=C(C)C3)cc12. The molecule has 1 nitrogen and oxygen atoms in total. The van der Waals surface area contributed by atoms with Crippen LogP contribution in [0.3, 0.4) is 0 Å². The summed E-state index contributed by atoms with van der Waals surface area (Å²) in [6.45, 7) is 4.41. The number of aromatic nitrogens is 1. The molecule has 86 valence electrons. The molecule has 0 spiro atoms. The Morgan fingerprint density at radius 1 is 1.29 bits per heavy atom. The predicted molar refractivity (Wildman–Crippen MR) is 72.2 cm³/mol. The summed E-state index contributed by atoms with van der Waals surface area (Å²) in [7, 11) is 0. The molecule has 1 heteroatoms. The third-order valence-electron chi connectivity index (χ3n) is 3.69. The Bertz CT molecular complexity index is 595. The van der Waals surface area contributed by atoms with Crippen molar-refractivity contribution in [2.45, 2.75) is 32.6 Å². The molecule has 0 saturated heterocycles. The summed E-state index contributed by atoms with van der Waals surface area (Å²) in [4.78, 5) is 4.43. The van der Waals surface area contributed by atoms with Crippen molar-refractivity contribution in [3.63, 3.8) is 0 Å². The zero-order valence-electron chi connectivity index (χ0n) is 10.4. The fourth-order valence-electron chi connectivity index (χ4n) is 2.63. The minimum absolute atomic E-state index is 0.629. The predicted octanol–water partition coefficient (Wildman–Crippen LogP) is 4.23. The number of fused-ring (bicyclic) bond motifs is 1. The largest absolute Gasteiger partial charge is 0.256 e. The minimum atomic E-state index is 0.629. The van der Waals surface area contributed by atoms with E-state index in [-0.39, 0.29) is 0 Å². The molecule has 0 N–H and O–H groups in total. The van der Waals surface area contributed by atoms with Crippen LogP contribution in [0.1, 0.15) is 37.3 Å². The van der Waals surface area contributed by atoms with Crippen molar-refractivity contribution >= 4 is 10.9 Å². The summed E-state index contributed by atoms with van der Waals surface area (Å²) in [5, 5.41) is 1.32. The van der Waals surface area contributed by atoms with E-state index in [0.29, 0.717) is 5.92 Å². The normalized spacial score (nSPS) is 18.9. The summed E-state index contributed by atoms with van der Waals surface area (Å²) < 4.78 is 0. The van der Waals surface area contributed by atoms with Gasteiger partial charge in [-0.05, 0) is 49.1 Å². The molecule has 1 atom stereocenters. The maximum Gasteiger partial charge on any atom is 0.0704 e. The summed E-state index contributed by atoms with van der Waals surface area (Å²) in [5.74, 6) is 0.629. The summed E-state index contributed by atoms with van der Waals surface area (Å²) in [6.07, 6.45) is 6.56. The Morgan fingerprint density at radius 2 is 2.12 bits per heavy atom. The molecular formula is C16H17N. The monoisotopic (exact) mass is 223 g/mol. The first kappa shape index (κ1) is 10.5. The third-order valence-corrected chi connectivity index (χ3v) is 3.69. The quantitative estimate of drug-likeness (QED) is 0.694. The van der Waals surface area contributed by atoms with E-state index in [1.807, 2.05) is 6.20 Å². The van der Waals surface area contributed by atoms with Crippen LogP contribution < -0.4 is 0 Å². The van der Waals surface area contributed by atoms with Gasteiger partial charge < -0.3 is 0 Å². The number of pyridine rings is 1. The smallest absolute Gasteiger partial charge is 0.0704 e. The van der Waals surface area contributed by atoms with Crippen molar-refractivity contribution in [3.05, 3.63) is 53.2 Å². The minimum Gasteiger partial charge on any atom is -0.256 e. The van der Waals surface area contributed by atoms with Crippen molar-refractivity contribution in [3.8, 4) is 0 Å². The fourth-order valence-corrected chi connectivity index (χ4v) is 2.63. The van der Waals surface area contributed by atoms with Crippen molar-refractivity contribution in [2.24, 2.45) is 0 Å². The first-order valence-corrected chi connectivity index (χ1v) is 6.32. The summed E-state index contributed by atoms with van der Waals surface area (Å²) in [6, 6.07) is 8.84. The van der Waals surface area contributed by atoms with Gasteiger partial charge in [-0.3, -0.25) is 4.98 Å². The van der Waals surface area contributed by atoms with E-state index in [1.54, 1.807) is 0 Å². The highest BCUT2D eigenvalue weighted by molar-refractivity contribution is 5.83. The average molecular weight is 223 g/mol. The van der Waals surface area contributed by atoms with Crippen molar-refractivity contribution < 1.29 is 0 Å². The zero-order valence-corrected chi connectivity index (χ0v) is 10.4. The van der Waals surface area contributed by atoms with Crippen LogP contribution in [0, 0.1) is 0 Å². The second kappa shape index (κ2) is 3.99. The van der Waals surface area contributed by atoms with Gasteiger partial charge in [0.25, 0.3) is 0 Å². The molecule has 1 aliphatic carbocycles. The van der Waals surface area contributed by atoms with Gasteiger partial charge in [0.05, 0.1) is 5.52 Å². The van der Waals surface area contributed by atoms with Crippen LogP contribution in [0.15, 0.2) is 42.1 Å². The number of hydrogen-bond donors (Lipinski definition) is 0. The van der Waals surface area contributed by atoms with Gasteiger partial charge in [-0.1, -0.05) is 24.6 Å². The van der Waals surface area contributed by atoms with Crippen molar-refractivity contribution in [2.75, 3.05) is 0 Å². The molecular weight excluding hydrogens is 206 g/mol. The number of benzene rings is 1. The van der Waals surface area contributed by atoms with Gasteiger partial charge in [-0.25, -0.2) is 0 Å². The number of nitrogens with zero attached hydrogens (tertiary/aromatic N) is 1. The Morgan fingerprint density at radius 3 is 2.82 bits per heavy atom. The standard InChI is InChI=1S/C16H17N/c1-3-12-6-7-17-16-5-4-13(10-15(12)16)14-8-11(2)9-14/h4-8,10,14H,3,9H2,1-2H3. The number of aryl methyl sites for hydroxylation is 1. The molecule has 1 aromatic carbocycles. The molecule has 0 amide bonds. The van der Waals surface area contributed by atoms with Crippen LogP contribution in [-0.4, -0.2) is 4.98 Å². The van der Waals surface area contributed by atoms with Crippen molar-refractivity contribution in [1.29, 1.82) is 0 Å². The second-order valence-electron chi connectivity index (χ2n) is 4.92. The van der Waals surface area contributed by atoms with Crippen molar-refractivity contribution in [1.82, 2.24) is 4.98 Å². The maximum atomic E-state index is 4.43. The van der Waals surface area contributed by atoms with E-state index in [9.17, 15) is 0 Å². The molecule has 0 saturated carbocycles. The van der Waals surface area contributed by atoms with E-state index in [0.717, 1.165) is 11.9 Å². The number of hydrogen-bond acceptors (Lipinski definition) is 1. The molecule has 0 radical (unpaired) electrons. The lowest BCUT2D eigenvalue weighted by Crippen LogP contribution is -2.06. The van der Waals surface area contributed by atoms with Crippen LogP contribution >= 0.6 is 0 Å². The van der Waals surface area contributed by atoms with E-state index >= 15 is 0 Å². The summed E-state index contributed by atoms with van der Waals surface area (Å²) >= 11 is 0. The molecule has 17 heavy (non-hydrogen) atoms. The highest BCUT2D eigenvalue weighted by Gasteiger charge is 2.18. The van der Waals surface area contributed by atoms with Crippen LogP contribution in [0.5, 0.6) is 0 Å². The molecule has 2 aromatic rings. The molecule has 0 aliphatic heterocycles. The molecule has 1 unspecified atom stereocenters. The van der Waals surface area contributed by atoms with Gasteiger partial charge in [-0.2, -0.15) is 0 Å². The Balaban J connectivity index is 2.11. The van der Waals surface area contributed by atoms with Gasteiger partial charge in [0, 0.05) is 17.5 Å². The van der Waals surface area contributed by atoms with E-state index in [1.165, 1.54) is 28.5 Å². The Labute approximate surface area is 102 Å². The molecule has 1 heterocycles. The maximum absolute atomic E-state index is 4.43. The topological polar surface area (TPSA) is 12.9 Å². The van der Waals surface area contributed by atoms with Gasteiger partial charge >= 0.3 is 0 Å². The summed E-state index contributed by atoms with van der Waals surface area (Å²) in [5.41, 5.74) is 5.47. The Hall–Kier alpha value is -1.63. The fraction of sp³-hybridized carbons (Fsp3) is 0.312. The zero-order chi connectivity index (χ0) is 11.8. The molecule has 1 aliphatic rings. The van der Waals surface area contributed by atoms with Crippen LogP contribution in [0.4, 0.5) is 0 Å². The highest BCUT2D eigenvalue weighted by Crippen LogP contribution is 2.35. The van der Waals surface area contributed by atoms with E-state index < -0.39 is 0 Å².